The van der Waals surface area contributed by atoms with E-state index in [1.54, 1.807) is 0 Å². The van der Waals surface area contributed by atoms with E-state index in [1.807, 2.05) is 45.9 Å². The molecule has 0 radical (unpaired) electrons. The lowest BCUT2D eigenvalue weighted by Gasteiger charge is -2.34. The van der Waals surface area contributed by atoms with Crippen LogP contribution < -0.4 is 10.1 Å². The Balaban J connectivity index is 1.96. The number of carbonyl (C=O) groups is 3. The van der Waals surface area contributed by atoms with Gasteiger partial charge >= 0.3 is 5.97 Å². The Labute approximate surface area is 166 Å². The van der Waals surface area contributed by atoms with Gasteiger partial charge in [-0.3, -0.25) is 14.4 Å². The lowest BCUT2D eigenvalue weighted by Crippen LogP contribution is -2.58. The largest absolute Gasteiger partial charge is 0.483 e. The third-order valence-electron chi connectivity index (χ3n) is 4.66. The van der Waals surface area contributed by atoms with E-state index < -0.39 is 12.0 Å². The van der Waals surface area contributed by atoms with E-state index in [1.165, 1.54) is 4.90 Å². The summed E-state index contributed by atoms with van der Waals surface area (Å²) in [6.45, 7) is 8.76. The first-order chi connectivity index (χ1) is 13.3. The number of nitrogens with one attached hydrogen (secondary N) is 1. The zero-order valence-electron chi connectivity index (χ0n) is 17.1. The van der Waals surface area contributed by atoms with Crippen molar-refractivity contribution in [2.75, 3.05) is 26.3 Å². The van der Waals surface area contributed by atoms with Gasteiger partial charge in [0.25, 0.3) is 5.91 Å². The second-order valence-corrected chi connectivity index (χ2v) is 7.56. The first-order valence-corrected chi connectivity index (χ1v) is 9.70. The van der Waals surface area contributed by atoms with Crippen molar-refractivity contribution in [1.82, 2.24) is 10.2 Å². The number of rotatable bonds is 8. The highest BCUT2D eigenvalue weighted by Crippen LogP contribution is 2.19. The van der Waals surface area contributed by atoms with Gasteiger partial charge in [0.05, 0.1) is 13.0 Å². The van der Waals surface area contributed by atoms with Gasteiger partial charge < -0.3 is 19.7 Å². The van der Waals surface area contributed by atoms with Gasteiger partial charge in [-0.2, -0.15) is 0 Å². The SMILES string of the molecule is Cc1ccc(C)c(OCC(=O)N2CCNC(=O)C2CC(=O)OCCC(C)C)c1. The molecule has 1 heterocycles. The lowest BCUT2D eigenvalue weighted by atomic mass is 10.1. The summed E-state index contributed by atoms with van der Waals surface area (Å²) in [6.07, 6.45) is 0.605. The van der Waals surface area contributed by atoms with Gasteiger partial charge in [-0.1, -0.05) is 26.0 Å². The average Bonchev–Trinajstić information content (AvgIpc) is 2.63. The molecule has 0 spiro atoms. The third kappa shape index (κ3) is 6.25. The van der Waals surface area contributed by atoms with Crippen molar-refractivity contribution in [3.05, 3.63) is 29.3 Å². The van der Waals surface area contributed by atoms with E-state index in [-0.39, 0.29) is 24.8 Å². The highest BCUT2D eigenvalue weighted by molar-refractivity contribution is 5.92. The number of carbonyl (C=O) groups excluding carboxylic acids is 3. The molecule has 0 saturated carbocycles. The fraction of sp³-hybridized carbons (Fsp3) is 0.571. The highest BCUT2D eigenvalue weighted by atomic mass is 16.5. The van der Waals surface area contributed by atoms with Gasteiger partial charge in [-0.15, -0.1) is 0 Å². The molecule has 7 nitrogen and oxygen atoms in total. The van der Waals surface area contributed by atoms with Gasteiger partial charge in [0.2, 0.25) is 5.91 Å². The normalized spacial score (nSPS) is 16.7. The van der Waals surface area contributed by atoms with E-state index in [4.69, 9.17) is 9.47 Å². The molecule has 0 aliphatic carbocycles. The Morgan fingerprint density at radius 2 is 2.04 bits per heavy atom. The zero-order chi connectivity index (χ0) is 20.7. The van der Waals surface area contributed by atoms with Gasteiger partial charge in [-0.05, 0) is 43.4 Å². The Morgan fingerprint density at radius 3 is 2.75 bits per heavy atom. The van der Waals surface area contributed by atoms with Crippen molar-refractivity contribution in [3.63, 3.8) is 0 Å². The van der Waals surface area contributed by atoms with Crippen LogP contribution in [0.25, 0.3) is 0 Å². The molecule has 0 bridgehead atoms. The van der Waals surface area contributed by atoms with Crippen LogP contribution in [0.3, 0.4) is 0 Å². The summed E-state index contributed by atoms with van der Waals surface area (Å²) in [4.78, 5) is 38.4. The van der Waals surface area contributed by atoms with Gasteiger partial charge in [0.1, 0.15) is 11.8 Å². The Morgan fingerprint density at radius 1 is 1.29 bits per heavy atom. The number of benzene rings is 1. The predicted molar refractivity (Wildman–Crippen MR) is 105 cm³/mol. The summed E-state index contributed by atoms with van der Waals surface area (Å²) in [5.74, 6) is -0.0793. The first-order valence-electron chi connectivity index (χ1n) is 9.70. The van der Waals surface area contributed by atoms with Crippen LogP contribution in [0.1, 0.15) is 37.8 Å². The number of esters is 1. The van der Waals surface area contributed by atoms with E-state index in [0.717, 1.165) is 17.5 Å². The van der Waals surface area contributed by atoms with E-state index >= 15 is 0 Å². The maximum absolute atomic E-state index is 12.7. The van der Waals surface area contributed by atoms with Crippen LogP contribution in [0.2, 0.25) is 0 Å². The van der Waals surface area contributed by atoms with Crippen molar-refractivity contribution in [1.29, 1.82) is 0 Å². The summed E-state index contributed by atoms with van der Waals surface area (Å²) >= 11 is 0. The first kappa shape index (κ1) is 21.7. The number of hydrogen-bond donors (Lipinski definition) is 1. The number of amides is 2. The quantitative estimate of drug-likeness (QED) is 0.686. The zero-order valence-corrected chi connectivity index (χ0v) is 17.1. The molecule has 1 aromatic carbocycles. The molecule has 28 heavy (non-hydrogen) atoms. The number of ether oxygens (including phenoxy) is 2. The average molecular weight is 390 g/mol. The van der Waals surface area contributed by atoms with E-state index in [0.29, 0.717) is 31.4 Å². The molecule has 0 aromatic heterocycles. The highest BCUT2D eigenvalue weighted by Gasteiger charge is 2.35. The van der Waals surface area contributed by atoms with Crippen LogP contribution in [0.4, 0.5) is 0 Å². The monoisotopic (exact) mass is 390 g/mol. The molecule has 1 N–H and O–H groups in total. The maximum Gasteiger partial charge on any atom is 0.308 e. The molecule has 1 aliphatic rings. The molecular weight excluding hydrogens is 360 g/mol. The molecule has 1 unspecified atom stereocenters. The molecule has 1 atom stereocenters. The number of hydrogen-bond acceptors (Lipinski definition) is 5. The smallest absolute Gasteiger partial charge is 0.308 e. The minimum absolute atomic E-state index is 0.154. The van der Waals surface area contributed by atoms with Crippen LogP contribution in [-0.4, -0.2) is 55.0 Å². The summed E-state index contributed by atoms with van der Waals surface area (Å²) in [7, 11) is 0. The lowest BCUT2D eigenvalue weighted by molar-refractivity contribution is -0.152. The molecule has 1 fully saturated rings. The summed E-state index contributed by atoms with van der Waals surface area (Å²) in [5, 5.41) is 2.71. The summed E-state index contributed by atoms with van der Waals surface area (Å²) in [5.41, 5.74) is 1.97. The van der Waals surface area contributed by atoms with Crippen molar-refractivity contribution in [3.8, 4) is 5.75 Å². The second kappa shape index (κ2) is 10.1. The minimum atomic E-state index is -0.866. The fourth-order valence-electron chi connectivity index (χ4n) is 2.93. The van der Waals surface area contributed by atoms with Gasteiger partial charge in [-0.25, -0.2) is 0 Å². The van der Waals surface area contributed by atoms with Crippen molar-refractivity contribution in [2.45, 2.75) is 46.6 Å². The van der Waals surface area contributed by atoms with Crippen molar-refractivity contribution >= 4 is 17.8 Å². The number of aryl methyl sites for hydroxylation is 2. The van der Waals surface area contributed by atoms with E-state index in [2.05, 4.69) is 5.32 Å². The Bertz CT molecular complexity index is 717. The molecular formula is C21H30N2O5. The second-order valence-electron chi connectivity index (χ2n) is 7.56. The number of piperazine rings is 1. The Hall–Kier alpha value is -2.57. The van der Waals surface area contributed by atoms with Crippen molar-refractivity contribution in [2.24, 2.45) is 5.92 Å². The van der Waals surface area contributed by atoms with Gasteiger partial charge in [0, 0.05) is 13.1 Å². The minimum Gasteiger partial charge on any atom is -0.483 e. The molecule has 1 aromatic rings. The summed E-state index contributed by atoms with van der Waals surface area (Å²) < 4.78 is 10.9. The summed E-state index contributed by atoms with van der Waals surface area (Å²) in [6, 6.07) is 4.91. The van der Waals surface area contributed by atoms with E-state index in [9.17, 15) is 14.4 Å². The van der Waals surface area contributed by atoms with Gasteiger partial charge in [0.15, 0.2) is 6.61 Å². The van der Waals surface area contributed by atoms with Crippen LogP contribution in [-0.2, 0) is 19.1 Å². The fourth-order valence-corrected chi connectivity index (χ4v) is 2.93. The maximum atomic E-state index is 12.7. The van der Waals surface area contributed by atoms with Crippen molar-refractivity contribution < 1.29 is 23.9 Å². The molecule has 2 amide bonds. The molecule has 1 aliphatic heterocycles. The topological polar surface area (TPSA) is 84.9 Å². The number of nitrogens with zero attached hydrogens (tertiary/aromatic N) is 1. The van der Waals surface area contributed by atoms with Crippen LogP contribution in [0.5, 0.6) is 5.75 Å². The van der Waals surface area contributed by atoms with Crippen LogP contribution in [0, 0.1) is 19.8 Å². The molecule has 2 rings (SSSR count). The molecule has 1 saturated heterocycles. The van der Waals surface area contributed by atoms with Crippen LogP contribution in [0.15, 0.2) is 18.2 Å². The molecule has 7 heteroatoms. The molecule has 154 valence electrons. The standard InChI is InChI=1S/C21H30N2O5/c1-14(2)7-10-27-20(25)12-17-21(26)22-8-9-23(17)19(24)13-28-18-11-15(3)5-6-16(18)4/h5-6,11,14,17H,7-10,12-13H2,1-4H3,(H,22,26). The Kier molecular flexibility index (Phi) is 7.84. The van der Waals surface area contributed by atoms with Crippen LogP contribution >= 0.6 is 0 Å². The predicted octanol–water partition coefficient (Wildman–Crippen LogP) is 1.99. The third-order valence-corrected chi connectivity index (χ3v) is 4.66.